The smallest absolute Gasteiger partial charge is 0.333 e. The minimum atomic E-state index is -0.332. The van der Waals surface area contributed by atoms with Gasteiger partial charge in [0.1, 0.15) is 0 Å². The Hall–Kier alpha value is -2.88. The number of methoxy groups -OCH3 is 2. The molecule has 0 saturated carbocycles. The van der Waals surface area contributed by atoms with E-state index < -0.39 is 0 Å². The van der Waals surface area contributed by atoms with Crippen molar-refractivity contribution in [3.05, 3.63) is 83.1 Å². The Bertz CT molecular complexity index is 636. The number of carbonyl (C=O) groups excluding carboxylic acids is 2. The molecule has 0 aliphatic rings. The summed E-state index contributed by atoms with van der Waals surface area (Å²) in [6.07, 6.45) is 18.7. The van der Waals surface area contributed by atoms with E-state index >= 15 is 0 Å². The standard InChI is InChI=1S/C22H28O4/c1-17(13-9-15-19(3)21(23)25-5)11-7-8-12-18(2)14-10-16-20(4)22(24)26-6/h7-16H,1-6H3/b8-7+,13-9+,14-10+,17-11-,18-12+,19-15+,20-16-. The molecule has 4 nitrogen and oxygen atoms in total. The molecule has 0 heterocycles. The summed E-state index contributed by atoms with van der Waals surface area (Å²) in [4.78, 5) is 22.5. The van der Waals surface area contributed by atoms with Crippen LogP contribution in [0.2, 0.25) is 0 Å². The number of esters is 2. The van der Waals surface area contributed by atoms with E-state index in [1.807, 2.05) is 62.5 Å². The van der Waals surface area contributed by atoms with Crippen molar-refractivity contribution in [2.24, 2.45) is 0 Å². The first kappa shape index (κ1) is 23.1. The van der Waals surface area contributed by atoms with Gasteiger partial charge in [0.05, 0.1) is 14.2 Å². The molecule has 0 aliphatic carbocycles. The van der Waals surface area contributed by atoms with Crippen LogP contribution in [0.15, 0.2) is 83.1 Å². The van der Waals surface area contributed by atoms with E-state index in [1.54, 1.807) is 26.0 Å². The monoisotopic (exact) mass is 356 g/mol. The van der Waals surface area contributed by atoms with Gasteiger partial charge in [0.25, 0.3) is 0 Å². The van der Waals surface area contributed by atoms with Crippen LogP contribution in [0, 0.1) is 0 Å². The van der Waals surface area contributed by atoms with E-state index in [-0.39, 0.29) is 11.9 Å². The number of rotatable bonds is 8. The zero-order valence-corrected chi connectivity index (χ0v) is 16.4. The second kappa shape index (κ2) is 13.4. The van der Waals surface area contributed by atoms with Crippen molar-refractivity contribution in [1.82, 2.24) is 0 Å². The third-order valence-electron chi connectivity index (χ3n) is 3.25. The van der Waals surface area contributed by atoms with Gasteiger partial charge in [-0.25, -0.2) is 9.59 Å². The van der Waals surface area contributed by atoms with Crippen LogP contribution in [0.5, 0.6) is 0 Å². The molecule has 0 N–H and O–H groups in total. The molecule has 0 saturated heterocycles. The van der Waals surface area contributed by atoms with Gasteiger partial charge in [-0.2, -0.15) is 0 Å². The maximum absolute atomic E-state index is 11.2. The molecule has 0 unspecified atom stereocenters. The average Bonchev–Trinajstić information content (AvgIpc) is 2.63. The van der Waals surface area contributed by atoms with E-state index in [0.717, 1.165) is 11.1 Å². The second-order valence-corrected chi connectivity index (χ2v) is 5.61. The lowest BCUT2D eigenvalue weighted by atomic mass is 10.2. The van der Waals surface area contributed by atoms with Crippen LogP contribution in [0.25, 0.3) is 0 Å². The lowest BCUT2D eigenvalue weighted by molar-refractivity contribution is -0.136. The van der Waals surface area contributed by atoms with Gasteiger partial charge < -0.3 is 9.47 Å². The Morgan fingerprint density at radius 1 is 0.577 bits per heavy atom. The van der Waals surface area contributed by atoms with Gasteiger partial charge in [-0.15, -0.1) is 0 Å². The van der Waals surface area contributed by atoms with E-state index in [2.05, 4.69) is 9.47 Å². The van der Waals surface area contributed by atoms with Gasteiger partial charge in [0, 0.05) is 11.1 Å². The fourth-order valence-electron chi connectivity index (χ4n) is 1.67. The number of allylic oxidation sites excluding steroid dienone is 12. The molecular formula is C22H28O4. The van der Waals surface area contributed by atoms with Crippen LogP contribution < -0.4 is 0 Å². The van der Waals surface area contributed by atoms with E-state index in [4.69, 9.17) is 0 Å². The fourth-order valence-corrected chi connectivity index (χ4v) is 1.67. The predicted molar refractivity (Wildman–Crippen MR) is 106 cm³/mol. The molecule has 0 aromatic carbocycles. The van der Waals surface area contributed by atoms with Gasteiger partial charge in [0.15, 0.2) is 0 Å². The molecule has 0 amide bonds. The first-order valence-corrected chi connectivity index (χ1v) is 8.20. The molecule has 0 spiro atoms. The van der Waals surface area contributed by atoms with Crippen molar-refractivity contribution < 1.29 is 19.1 Å². The summed E-state index contributed by atoms with van der Waals surface area (Å²) in [6.45, 7) is 7.36. The quantitative estimate of drug-likeness (QED) is 0.357. The van der Waals surface area contributed by atoms with Crippen molar-refractivity contribution in [1.29, 1.82) is 0 Å². The van der Waals surface area contributed by atoms with Crippen molar-refractivity contribution in [3.63, 3.8) is 0 Å². The average molecular weight is 356 g/mol. The largest absolute Gasteiger partial charge is 0.466 e. The fraction of sp³-hybridized carbons (Fsp3) is 0.273. The van der Waals surface area contributed by atoms with Gasteiger partial charge >= 0.3 is 11.9 Å². The SMILES string of the molecule is COC(=O)\C(C)=C/C=C/C(C)=C/C=C/C=C(C)\C=C\C=C(/C)C(=O)OC. The Morgan fingerprint density at radius 2 is 0.923 bits per heavy atom. The topological polar surface area (TPSA) is 52.6 Å². The zero-order valence-electron chi connectivity index (χ0n) is 16.4. The summed E-state index contributed by atoms with van der Waals surface area (Å²) in [6, 6.07) is 0. The summed E-state index contributed by atoms with van der Waals surface area (Å²) in [5.74, 6) is -0.664. The number of carbonyl (C=O) groups is 2. The molecule has 0 fully saturated rings. The second-order valence-electron chi connectivity index (χ2n) is 5.61. The summed E-state index contributed by atoms with van der Waals surface area (Å²) >= 11 is 0. The van der Waals surface area contributed by atoms with Crippen LogP contribution in [0.4, 0.5) is 0 Å². The summed E-state index contributed by atoms with van der Waals surface area (Å²) in [7, 11) is 2.72. The summed E-state index contributed by atoms with van der Waals surface area (Å²) in [5, 5.41) is 0. The third kappa shape index (κ3) is 10.8. The molecule has 0 atom stereocenters. The van der Waals surface area contributed by atoms with Crippen LogP contribution in [-0.4, -0.2) is 26.2 Å². The molecule has 0 aromatic rings. The summed E-state index contributed by atoms with van der Waals surface area (Å²) < 4.78 is 9.25. The molecule has 0 aromatic heterocycles. The predicted octanol–water partition coefficient (Wildman–Crippen LogP) is 4.79. The van der Waals surface area contributed by atoms with Crippen molar-refractivity contribution >= 4 is 11.9 Å². The Morgan fingerprint density at radius 3 is 1.23 bits per heavy atom. The zero-order chi connectivity index (χ0) is 19.9. The first-order valence-electron chi connectivity index (χ1n) is 8.20. The van der Waals surface area contributed by atoms with Gasteiger partial charge in [-0.1, -0.05) is 71.9 Å². The first-order chi connectivity index (χ1) is 12.3. The van der Waals surface area contributed by atoms with Crippen molar-refractivity contribution in [3.8, 4) is 0 Å². The van der Waals surface area contributed by atoms with Gasteiger partial charge in [0.2, 0.25) is 0 Å². The lowest BCUT2D eigenvalue weighted by Crippen LogP contribution is -2.00. The summed E-state index contributed by atoms with van der Waals surface area (Å²) in [5.41, 5.74) is 3.20. The van der Waals surface area contributed by atoms with Crippen LogP contribution in [-0.2, 0) is 19.1 Å². The van der Waals surface area contributed by atoms with Crippen LogP contribution in [0.3, 0.4) is 0 Å². The Balaban J connectivity index is 4.67. The van der Waals surface area contributed by atoms with Gasteiger partial charge in [-0.3, -0.25) is 0 Å². The maximum atomic E-state index is 11.2. The van der Waals surface area contributed by atoms with Crippen LogP contribution in [0.1, 0.15) is 27.7 Å². The highest BCUT2D eigenvalue weighted by atomic mass is 16.5. The minimum Gasteiger partial charge on any atom is -0.466 e. The minimum absolute atomic E-state index is 0.332. The van der Waals surface area contributed by atoms with Crippen molar-refractivity contribution in [2.45, 2.75) is 27.7 Å². The Labute approximate surface area is 156 Å². The molecule has 0 aliphatic heterocycles. The van der Waals surface area contributed by atoms with E-state index in [1.165, 1.54) is 14.2 Å². The highest BCUT2D eigenvalue weighted by Gasteiger charge is 2.00. The molecule has 0 bridgehead atoms. The highest BCUT2D eigenvalue weighted by Crippen LogP contribution is 2.02. The number of hydrogen-bond donors (Lipinski definition) is 0. The molecule has 4 heteroatoms. The molecular weight excluding hydrogens is 328 g/mol. The number of hydrogen-bond acceptors (Lipinski definition) is 4. The lowest BCUT2D eigenvalue weighted by Gasteiger charge is -1.95. The van der Waals surface area contributed by atoms with E-state index in [0.29, 0.717) is 11.1 Å². The van der Waals surface area contributed by atoms with E-state index in [9.17, 15) is 9.59 Å². The Kier molecular flexibility index (Phi) is 11.9. The van der Waals surface area contributed by atoms with Crippen LogP contribution >= 0.6 is 0 Å². The van der Waals surface area contributed by atoms with Crippen molar-refractivity contribution in [2.75, 3.05) is 14.2 Å². The highest BCUT2D eigenvalue weighted by molar-refractivity contribution is 5.88. The number of ether oxygens (including phenoxy) is 2. The molecule has 140 valence electrons. The molecule has 26 heavy (non-hydrogen) atoms. The molecule has 0 radical (unpaired) electrons. The normalized spacial score (nSPS) is 14.5. The third-order valence-corrected chi connectivity index (χ3v) is 3.25. The van der Waals surface area contributed by atoms with Gasteiger partial charge in [-0.05, 0) is 27.7 Å². The maximum Gasteiger partial charge on any atom is 0.333 e. The molecule has 0 rings (SSSR count).